The predicted molar refractivity (Wildman–Crippen MR) is 69.2 cm³/mol. The molecular formula is C14H13NO4. The summed E-state index contributed by atoms with van der Waals surface area (Å²) in [6.45, 7) is 0. The van der Waals surface area contributed by atoms with Crippen LogP contribution in [-0.4, -0.2) is 21.2 Å². The fourth-order valence-corrected chi connectivity index (χ4v) is 1.84. The molecule has 0 unspecified atom stereocenters. The summed E-state index contributed by atoms with van der Waals surface area (Å²) in [6.07, 6.45) is 0.306. The van der Waals surface area contributed by atoms with Gasteiger partial charge in [0.25, 0.3) is 5.91 Å². The van der Waals surface area contributed by atoms with Gasteiger partial charge in [0.2, 0.25) is 5.75 Å². The number of aromatic hydroxyl groups is 3. The lowest BCUT2D eigenvalue weighted by Gasteiger charge is -2.10. The Bertz CT molecular complexity index is 623. The van der Waals surface area contributed by atoms with E-state index in [1.807, 2.05) is 30.3 Å². The Morgan fingerprint density at radius 1 is 1.00 bits per heavy atom. The second-order valence-corrected chi connectivity index (χ2v) is 4.16. The smallest absolute Gasteiger partial charge is 0.252 e. The molecule has 0 atom stereocenters. The first-order valence-electron chi connectivity index (χ1n) is 5.61. The van der Waals surface area contributed by atoms with Crippen molar-refractivity contribution in [2.45, 2.75) is 6.42 Å². The van der Waals surface area contributed by atoms with Crippen molar-refractivity contribution in [1.29, 1.82) is 0 Å². The molecule has 19 heavy (non-hydrogen) atoms. The van der Waals surface area contributed by atoms with Gasteiger partial charge in [0.1, 0.15) is 0 Å². The molecule has 0 saturated carbocycles. The van der Waals surface area contributed by atoms with Gasteiger partial charge in [-0.15, -0.1) is 0 Å². The van der Waals surface area contributed by atoms with E-state index in [4.69, 9.17) is 5.73 Å². The fourth-order valence-electron chi connectivity index (χ4n) is 1.84. The highest BCUT2D eigenvalue weighted by atomic mass is 16.3. The third-order valence-electron chi connectivity index (χ3n) is 2.83. The third-order valence-corrected chi connectivity index (χ3v) is 2.83. The minimum absolute atomic E-state index is 0.221. The predicted octanol–water partition coefficient (Wildman–Crippen LogP) is 1.49. The molecule has 1 amide bonds. The Kier molecular flexibility index (Phi) is 3.29. The number of phenols is 3. The van der Waals surface area contributed by atoms with Crippen LogP contribution < -0.4 is 5.73 Å². The number of rotatable bonds is 3. The SMILES string of the molecule is NC(=O)c1cc(Cc2ccccc2)c(O)c(O)c1O. The van der Waals surface area contributed by atoms with Crippen LogP contribution in [0.25, 0.3) is 0 Å². The molecule has 98 valence electrons. The van der Waals surface area contributed by atoms with E-state index in [1.54, 1.807) is 0 Å². The van der Waals surface area contributed by atoms with Gasteiger partial charge in [-0.1, -0.05) is 30.3 Å². The number of amides is 1. The molecule has 0 saturated heterocycles. The van der Waals surface area contributed by atoms with Gasteiger partial charge in [-0.05, 0) is 11.6 Å². The number of benzene rings is 2. The molecule has 0 fully saturated rings. The Morgan fingerprint density at radius 3 is 2.21 bits per heavy atom. The second kappa shape index (κ2) is 4.89. The van der Waals surface area contributed by atoms with Crippen LogP contribution in [-0.2, 0) is 6.42 Å². The zero-order valence-electron chi connectivity index (χ0n) is 10.00. The van der Waals surface area contributed by atoms with Crippen molar-refractivity contribution in [3.05, 3.63) is 53.1 Å². The minimum atomic E-state index is -0.873. The van der Waals surface area contributed by atoms with E-state index in [0.717, 1.165) is 5.56 Å². The van der Waals surface area contributed by atoms with Gasteiger partial charge in [0, 0.05) is 12.0 Å². The van der Waals surface area contributed by atoms with Crippen molar-refractivity contribution in [1.82, 2.24) is 0 Å². The van der Waals surface area contributed by atoms with Gasteiger partial charge in [-0.2, -0.15) is 0 Å². The molecule has 2 rings (SSSR count). The quantitative estimate of drug-likeness (QED) is 0.627. The Hall–Kier alpha value is -2.69. The maximum Gasteiger partial charge on any atom is 0.252 e. The lowest BCUT2D eigenvalue weighted by Crippen LogP contribution is -2.11. The molecule has 0 heterocycles. The molecule has 0 spiro atoms. The van der Waals surface area contributed by atoms with Gasteiger partial charge in [-0.25, -0.2) is 0 Å². The van der Waals surface area contributed by atoms with E-state index < -0.39 is 23.2 Å². The molecule has 0 aliphatic heterocycles. The molecule has 5 N–H and O–H groups in total. The Morgan fingerprint density at radius 2 is 1.63 bits per heavy atom. The zero-order chi connectivity index (χ0) is 14.0. The fraction of sp³-hybridized carbons (Fsp3) is 0.0714. The molecule has 5 heteroatoms. The van der Waals surface area contributed by atoms with Crippen molar-refractivity contribution < 1.29 is 20.1 Å². The van der Waals surface area contributed by atoms with E-state index in [9.17, 15) is 20.1 Å². The molecule has 0 radical (unpaired) electrons. The second-order valence-electron chi connectivity index (χ2n) is 4.16. The van der Waals surface area contributed by atoms with Crippen molar-refractivity contribution in [2.24, 2.45) is 5.73 Å². The average molecular weight is 259 g/mol. The van der Waals surface area contributed by atoms with Crippen LogP contribution in [0.4, 0.5) is 0 Å². The van der Waals surface area contributed by atoms with E-state index in [-0.39, 0.29) is 5.56 Å². The van der Waals surface area contributed by atoms with Gasteiger partial charge in [0.15, 0.2) is 11.5 Å². The van der Waals surface area contributed by atoms with Crippen LogP contribution in [0, 0.1) is 0 Å². The molecule has 0 aromatic heterocycles. The first-order chi connectivity index (χ1) is 9.00. The number of hydrogen-bond donors (Lipinski definition) is 4. The lowest BCUT2D eigenvalue weighted by molar-refractivity contribution is 0.0997. The highest BCUT2D eigenvalue weighted by Gasteiger charge is 2.19. The maximum absolute atomic E-state index is 11.2. The van der Waals surface area contributed by atoms with Crippen LogP contribution in [0.3, 0.4) is 0 Å². The normalized spacial score (nSPS) is 10.3. The molecule has 2 aromatic carbocycles. The third kappa shape index (κ3) is 2.44. The van der Waals surface area contributed by atoms with Gasteiger partial charge in [-0.3, -0.25) is 4.79 Å². The van der Waals surface area contributed by atoms with Crippen molar-refractivity contribution >= 4 is 5.91 Å². The van der Waals surface area contributed by atoms with Crippen LogP contribution in [0.1, 0.15) is 21.5 Å². The number of carbonyl (C=O) groups excluding carboxylic acids is 1. The standard InChI is InChI=1S/C14H13NO4/c15-14(19)10-7-9(11(16)13(18)12(10)17)6-8-4-2-1-3-5-8/h1-5,7,16-18H,6H2,(H2,15,19). The topological polar surface area (TPSA) is 104 Å². The average Bonchev–Trinajstić information content (AvgIpc) is 2.40. The summed E-state index contributed by atoms with van der Waals surface area (Å²) in [5.41, 5.74) is 6.09. The van der Waals surface area contributed by atoms with Crippen LogP contribution in [0.15, 0.2) is 36.4 Å². The van der Waals surface area contributed by atoms with Crippen LogP contribution in [0.5, 0.6) is 17.2 Å². The first-order valence-corrected chi connectivity index (χ1v) is 5.61. The summed E-state index contributed by atoms with van der Waals surface area (Å²) < 4.78 is 0. The number of nitrogens with two attached hydrogens (primary N) is 1. The van der Waals surface area contributed by atoms with E-state index in [2.05, 4.69) is 0 Å². The number of phenolic OH excluding ortho intramolecular Hbond substituents is 2. The summed E-state index contributed by atoms with van der Waals surface area (Å²) in [6, 6.07) is 10.5. The molecule has 2 aromatic rings. The van der Waals surface area contributed by atoms with Gasteiger partial charge >= 0.3 is 0 Å². The summed E-state index contributed by atoms with van der Waals surface area (Å²) in [4.78, 5) is 11.2. The Labute approximate surface area is 109 Å². The van der Waals surface area contributed by atoms with E-state index >= 15 is 0 Å². The van der Waals surface area contributed by atoms with E-state index in [0.29, 0.717) is 12.0 Å². The Balaban J connectivity index is 2.49. The molecule has 0 bridgehead atoms. The summed E-state index contributed by atoms with van der Waals surface area (Å²) in [5, 5.41) is 28.9. The molecule has 5 nitrogen and oxygen atoms in total. The molecule has 0 aliphatic carbocycles. The molecular weight excluding hydrogens is 246 g/mol. The maximum atomic E-state index is 11.2. The van der Waals surface area contributed by atoms with Crippen molar-refractivity contribution in [3.63, 3.8) is 0 Å². The van der Waals surface area contributed by atoms with Gasteiger partial charge < -0.3 is 21.1 Å². The largest absolute Gasteiger partial charge is 0.504 e. The summed E-state index contributed by atoms with van der Waals surface area (Å²) >= 11 is 0. The van der Waals surface area contributed by atoms with Crippen molar-refractivity contribution in [2.75, 3.05) is 0 Å². The van der Waals surface area contributed by atoms with Gasteiger partial charge in [0.05, 0.1) is 5.56 Å². The number of carbonyl (C=O) groups is 1. The highest BCUT2D eigenvalue weighted by Crippen LogP contribution is 2.40. The zero-order valence-corrected chi connectivity index (χ0v) is 10.00. The lowest BCUT2D eigenvalue weighted by atomic mass is 10.00. The minimum Gasteiger partial charge on any atom is -0.504 e. The summed E-state index contributed by atoms with van der Waals surface area (Å²) in [5.74, 6) is -2.77. The van der Waals surface area contributed by atoms with Crippen molar-refractivity contribution in [3.8, 4) is 17.2 Å². The highest BCUT2D eigenvalue weighted by molar-refractivity contribution is 5.97. The first kappa shape index (κ1) is 12.8. The van der Waals surface area contributed by atoms with Crippen LogP contribution in [0.2, 0.25) is 0 Å². The van der Waals surface area contributed by atoms with Crippen LogP contribution >= 0.6 is 0 Å². The summed E-state index contributed by atoms with van der Waals surface area (Å²) in [7, 11) is 0. The number of primary amides is 1. The number of hydrogen-bond acceptors (Lipinski definition) is 4. The monoisotopic (exact) mass is 259 g/mol. The van der Waals surface area contributed by atoms with E-state index in [1.165, 1.54) is 6.07 Å². The molecule has 0 aliphatic rings.